The molecule has 0 amide bonds. The van der Waals surface area contributed by atoms with Gasteiger partial charge in [0, 0.05) is 23.6 Å². The Balaban J connectivity index is 2.31. The zero-order chi connectivity index (χ0) is 13.0. The van der Waals surface area contributed by atoms with Crippen molar-refractivity contribution in [3.8, 4) is 0 Å². The minimum absolute atomic E-state index is 0.00823. The Morgan fingerprint density at radius 2 is 2.17 bits per heavy atom. The van der Waals surface area contributed by atoms with Crippen LogP contribution in [0, 0.1) is 0 Å². The Morgan fingerprint density at radius 1 is 1.39 bits per heavy atom. The summed E-state index contributed by atoms with van der Waals surface area (Å²) in [6.45, 7) is 3.88. The number of carbonyl (C=O) groups is 1. The molecule has 2 rings (SSSR count). The van der Waals surface area contributed by atoms with Crippen molar-refractivity contribution in [2.24, 2.45) is 0 Å². The van der Waals surface area contributed by atoms with E-state index < -0.39 is 5.97 Å². The molecule has 2 aromatic rings. The van der Waals surface area contributed by atoms with Crippen molar-refractivity contribution in [2.75, 3.05) is 6.54 Å². The highest BCUT2D eigenvalue weighted by Crippen LogP contribution is 2.21. The molecule has 0 saturated heterocycles. The van der Waals surface area contributed by atoms with Crippen LogP contribution >= 0.6 is 0 Å². The number of nitrogens with one attached hydrogen (secondary N) is 1. The molecule has 0 bridgehead atoms. The monoisotopic (exact) mass is 246 g/mol. The number of hydrogen-bond acceptors (Lipinski definition) is 2. The lowest BCUT2D eigenvalue weighted by Crippen LogP contribution is -2.13. The molecule has 1 heterocycles. The van der Waals surface area contributed by atoms with Crippen molar-refractivity contribution in [1.82, 2.24) is 9.88 Å². The van der Waals surface area contributed by atoms with Gasteiger partial charge in [0.05, 0.1) is 0 Å². The number of para-hydroxylation sites is 1. The maximum atomic E-state index is 10.8. The van der Waals surface area contributed by atoms with Crippen molar-refractivity contribution in [2.45, 2.75) is 26.4 Å². The van der Waals surface area contributed by atoms with Crippen molar-refractivity contribution in [1.29, 1.82) is 0 Å². The lowest BCUT2D eigenvalue weighted by molar-refractivity contribution is -0.137. The van der Waals surface area contributed by atoms with Gasteiger partial charge in [-0.1, -0.05) is 25.1 Å². The van der Waals surface area contributed by atoms with Crippen LogP contribution in [0.4, 0.5) is 0 Å². The highest BCUT2D eigenvalue weighted by Gasteiger charge is 2.09. The fraction of sp³-hybridized carbons (Fsp3) is 0.357. The van der Waals surface area contributed by atoms with Gasteiger partial charge in [0.1, 0.15) is 6.54 Å². The van der Waals surface area contributed by atoms with Crippen molar-refractivity contribution >= 4 is 16.9 Å². The van der Waals surface area contributed by atoms with Crippen LogP contribution < -0.4 is 5.32 Å². The fourth-order valence-electron chi connectivity index (χ4n) is 2.14. The second-order valence-electron chi connectivity index (χ2n) is 4.37. The summed E-state index contributed by atoms with van der Waals surface area (Å²) in [7, 11) is 0. The molecule has 0 saturated carbocycles. The van der Waals surface area contributed by atoms with Gasteiger partial charge in [0.2, 0.25) is 0 Å². The number of carboxylic acid groups (broad SMARTS) is 1. The SMILES string of the molecule is CCCNCc1cn(CC(=O)O)c2ccccc12. The maximum Gasteiger partial charge on any atom is 0.323 e. The third-order valence-corrected chi connectivity index (χ3v) is 2.92. The molecule has 96 valence electrons. The average Bonchev–Trinajstić information content (AvgIpc) is 2.68. The van der Waals surface area contributed by atoms with Crippen molar-refractivity contribution < 1.29 is 9.90 Å². The zero-order valence-electron chi connectivity index (χ0n) is 10.5. The number of aliphatic carboxylic acids is 1. The van der Waals surface area contributed by atoms with E-state index in [1.54, 1.807) is 4.57 Å². The van der Waals surface area contributed by atoms with Gasteiger partial charge in [-0.05, 0) is 24.6 Å². The Morgan fingerprint density at radius 3 is 2.89 bits per heavy atom. The minimum Gasteiger partial charge on any atom is -0.480 e. The van der Waals surface area contributed by atoms with E-state index in [1.165, 1.54) is 0 Å². The van der Waals surface area contributed by atoms with Crippen LogP contribution in [-0.2, 0) is 17.9 Å². The molecule has 2 N–H and O–H groups in total. The predicted octanol–water partition coefficient (Wildman–Crippen LogP) is 2.23. The van der Waals surface area contributed by atoms with E-state index in [-0.39, 0.29) is 6.54 Å². The molecule has 0 unspecified atom stereocenters. The summed E-state index contributed by atoms with van der Waals surface area (Å²) in [5, 5.41) is 13.4. The molecule has 0 spiro atoms. The summed E-state index contributed by atoms with van der Waals surface area (Å²) in [6.07, 6.45) is 3.02. The molecule has 4 nitrogen and oxygen atoms in total. The second-order valence-corrected chi connectivity index (χ2v) is 4.37. The first-order valence-corrected chi connectivity index (χ1v) is 6.21. The molecule has 0 fully saturated rings. The molecule has 0 atom stereocenters. The van der Waals surface area contributed by atoms with Gasteiger partial charge in [0.25, 0.3) is 0 Å². The Bertz CT molecular complexity index is 546. The molecule has 0 radical (unpaired) electrons. The number of aromatic nitrogens is 1. The first-order valence-electron chi connectivity index (χ1n) is 6.21. The van der Waals surface area contributed by atoms with E-state index >= 15 is 0 Å². The molecule has 1 aromatic carbocycles. The first-order chi connectivity index (χ1) is 8.72. The molecule has 0 aliphatic heterocycles. The predicted molar refractivity (Wildman–Crippen MR) is 71.6 cm³/mol. The van der Waals surface area contributed by atoms with Crippen LogP contribution in [0.3, 0.4) is 0 Å². The van der Waals surface area contributed by atoms with Crippen LogP contribution in [-0.4, -0.2) is 22.2 Å². The van der Waals surface area contributed by atoms with E-state index in [0.717, 1.165) is 36.0 Å². The Hall–Kier alpha value is -1.81. The molecular formula is C14H18N2O2. The van der Waals surface area contributed by atoms with Gasteiger partial charge in [-0.25, -0.2) is 0 Å². The van der Waals surface area contributed by atoms with E-state index in [4.69, 9.17) is 5.11 Å². The summed E-state index contributed by atoms with van der Waals surface area (Å²) in [6, 6.07) is 7.92. The van der Waals surface area contributed by atoms with Crippen LogP contribution in [0.2, 0.25) is 0 Å². The van der Waals surface area contributed by atoms with E-state index in [9.17, 15) is 4.79 Å². The van der Waals surface area contributed by atoms with Crippen LogP contribution in [0.25, 0.3) is 10.9 Å². The second kappa shape index (κ2) is 5.69. The van der Waals surface area contributed by atoms with E-state index in [0.29, 0.717) is 0 Å². The normalized spacial score (nSPS) is 10.9. The lowest BCUT2D eigenvalue weighted by atomic mass is 10.2. The standard InChI is InChI=1S/C14H18N2O2/c1-2-7-15-8-11-9-16(10-14(17)18)13-6-4-3-5-12(11)13/h3-6,9,15H,2,7-8,10H2,1H3,(H,17,18). The number of nitrogens with zero attached hydrogens (tertiary/aromatic N) is 1. The average molecular weight is 246 g/mol. The zero-order valence-corrected chi connectivity index (χ0v) is 10.5. The largest absolute Gasteiger partial charge is 0.480 e. The van der Waals surface area contributed by atoms with Crippen molar-refractivity contribution in [3.63, 3.8) is 0 Å². The van der Waals surface area contributed by atoms with Crippen molar-refractivity contribution in [3.05, 3.63) is 36.0 Å². The lowest BCUT2D eigenvalue weighted by Gasteiger charge is -2.00. The Labute approximate surface area is 106 Å². The van der Waals surface area contributed by atoms with Gasteiger partial charge in [-0.15, -0.1) is 0 Å². The van der Waals surface area contributed by atoms with E-state index in [2.05, 4.69) is 12.2 Å². The van der Waals surface area contributed by atoms with Gasteiger partial charge in [-0.3, -0.25) is 4.79 Å². The summed E-state index contributed by atoms with van der Waals surface area (Å²) in [5.74, 6) is -0.816. The fourth-order valence-corrected chi connectivity index (χ4v) is 2.14. The molecule has 0 aliphatic rings. The summed E-state index contributed by atoms with van der Waals surface area (Å²) < 4.78 is 1.79. The van der Waals surface area contributed by atoms with Crippen LogP contribution in [0.1, 0.15) is 18.9 Å². The summed E-state index contributed by atoms with van der Waals surface area (Å²) >= 11 is 0. The number of carboxylic acids is 1. The van der Waals surface area contributed by atoms with Gasteiger partial charge in [0.15, 0.2) is 0 Å². The molecule has 1 aromatic heterocycles. The minimum atomic E-state index is -0.816. The summed E-state index contributed by atoms with van der Waals surface area (Å²) in [5.41, 5.74) is 2.13. The third-order valence-electron chi connectivity index (χ3n) is 2.92. The number of hydrogen-bond donors (Lipinski definition) is 2. The topological polar surface area (TPSA) is 54.3 Å². The molecule has 0 aliphatic carbocycles. The third kappa shape index (κ3) is 2.71. The van der Waals surface area contributed by atoms with Gasteiger partial charge in [-0.2, -0.15) is 0 Å². The van der Waals surface area contributed by atoms with Crippen LogP contribution in [0.15, 0.2) is 30.5 Å². The summed E-state index contributed by atoms with van der Waals surface area (Å²) in [4.78, 5) is 10.8. The van der Waals surface area contributed by atoms with Gasteiger partial charge >= 0.3 is 5.97 Å². The first kappa shape index (κ1) is 12.6. The quantitative estimate of drug-likeness (QED) is 0.768. The van der Waals surface area contributed by atoms with Gasteiger partial charge < -0.3 is 15.0 Å². The molecule has 18 heavy (non-hydrogen) atoms. The smallest absolute Gasteiger partial charge is 0.323 e. The highest BCUT2D eigenvalue weighted by molar-refractivity contribution is 5.85. The number of benzene rings is 1. The Kier molecular flexibility index (Phi) is 3.99. The van der Waals surface area contributed by atoms with E-state index in [1.807, 2.05) is 30.5 Å². The number of fused-ring (bicyclic) bond motifs is 1. The molecule has 4 heteroatoms. The molecular weight excluding hydrogens is 228 g/mol. The number of rotatable bonds is 6. The highest BCUT2D eigenvalue weighted by atomic mass is 16.4. The van der Waals surface area contributed by atoms with Crippen LogP contribution in [0.5, 0.6) is 0 Å². The maximum absolute atomic E-state index is 10.8.